The van der Waals surface area contributed by atoms with Gasteiger partial charge in [0.2, 0.25) is 0 Å². The van der Waals surface area contributed by atoms with Gasteiger partial charge in [-0.3, -0.25) is 0 Å². The summed E-state index contributed by atoms with van der Waals surface area (Å²) < 4.78 is 5.51. The van der Waals surface area contributed by atoms with Gasteiger partial charge in [0.05, 0.1) is 0 Å². The zero-order valence-corrected chi connectivity index (χ0v) is 11.1. The van der Waals surface area contributed by atoms with Gasteiger partial charge in [0, 0.05) is 19.6 Å². The average Bonchev–Trinajstić information content (AvgIpc) is 2.25. The number of hydrogen-bond acceptors (Lipinski definition) is 2. The van der Waals surface area contributed by atoms with Gasteiger partial charge in [0.25, 0.3) is 0 Å². The molecule has 0 amide bonds. The second-order valence-corrected chi connectivity index (χ2v) is 4.54. The normalized spacial score (nSPS) is 10.6. The van der Waals surface area contributed by atoms with E-state index in [1.165, 1.54) is 38.5 Å². The van der Waals surface area contributed by atoms with Crippen LogP contribution >= 0.6 is 0 Å². The molecular formula is C14H28O2. The molecule has 0 aliphatic heterocycles. The summed E-state index contributed by atoms with van der Waals surface area (Å²) in [5.41, 5.74) is 0. The van der Waals surface area contributed by atoms with E-state index in [0.717, 1.165) is 26.1 Å². The van der Waals surface area contributed by atoms with E-state index in [-0.39, 0.29) is 5.78 Å². The van der Waals surface area contributed by atoms with E-state index in [1.807, 2.05) is 0 Å². The topological polar surface area (TPSA) is 26.3 Å². The van der Waals surface area contributed by atoms with Gasteiger partial charge < -0.3 is 9.53 Å². The molecule has 16 heavy (non-hydrogen) atoms. The molecule has 0 aliphatic rings. The van der Waals surface area contributed by atoms with Gasteiger partial charge in [-0.1, -0.05) is 39.0 Å². The first-order valence-corrected chi connectivity index (χ1v) is 6.84. The van der Waals surface area contributed by atoms with Crippen LogP contribution in [-0.2, 0) is 9.53 Å². The van der Waals surface area contributed by atoms with E-state index < -0.39 is 0 Å². The molecular weight excluding hydrogens is 200 g/mol. The highest BCUT2D eigenvalue weighted by Crippen LogP contribution is 2.05. The highest BCUT2D eigenvalue weighted by molar-refractivity contribution is 5.75. The zero-order valence-electron chi connectivity index (χ0n) is 11.1. The summed E-state index contributed by atoms with van der Waals surface area (Å²) in [4.78, 5) is 10.7. The van der Waals surface area contributed by atoms with E-state index in [0.29, 0.717) is 6.42 Å². The summed E-state index contributed by atoms with van der Waals surface area (Å²) in [7, 11) is 0. The van der Waals surface area contributed by atoms with Crippen molar-refractivity contribution in [3.8, 4) is 0 Å². The van der Waals surface area contributed by atoms with Gasteiger partial charge in [-0.05, 0) is 26.2 Å². The Morgan fingerprint density at radius 3 is 2.06 bits per heavy atom. The molecule has 96 valence electrons. The number of ketones is 1. The van der Waals surface area contributed by atoms with E-state index >= 15 is 0 Å². The molecule has 0 saturated heterocycles. The summed E-state index contributed by atoms with van der Waals surface area (Å²) in [5, 5.41) is 0. The van der Waals surface area contributed by atoms with Crippen molar-refractivity contribution in [1.82, 2.24) is 0 Å². The molecule has 0 aromatic heterocycles. The molecule has 0 saturated carbocycles. The number of ether oxygens (including phenoxy) is 1. The molecule has 0 unspecified atom stereocenters. The van der Waals surface area contributed by atoms with Crippen LogP contribution in [0, 0.1) is 0 Å². The van der Waals surface area contributed by atoms with Crippen molar-refractivity contribution >= 4 is 5.78 Å². The van der Waals surface area contributed by atoms with Crippen LogP contribution in [0.1, 0.15) is 71.6 Å². The zero-order chi connectivity index (χ0) is 12.1. The first-order chi connectivity index (χ1) is 7.77. The lowest BCUT2D eigenvalue weighted by molar-refractivity contribution is -0.117. The van der Waals surface area contributed by atoms with Crippen LogP contribution in [0.15, 0.2) is 0 Å². The van der Waals surface area contributed by atoms with Gasteiger partial charge >= 0.3 is 0 Å². The molecule has 0 atom stereocenters. The summed E-state index contributed by atoms with van der Waals surface area (Å²) in [5.74, 6) is 0.288. The Kier molecular flexibility index (Phi) is 12.4. The SMILES string of the molecule is CCCCCCCCOCCCCC(C)=O. The second-order valence-electron chi connectivity index (χ2n) is 4.54. The first-order valence-electron chi connectivity index (χ1n) is 6.84. The highest BCUT2D eigenvalue weighted by atomic mass is 16.5. The van der Waals surface area contributed by atoms with Crippen LogP contribution < -0.4 is 0 Å². The summed E-state index contributed by atoms with van der Waals surface area (Å²) in [6.07, 6.45) is 10.6. The number of carbonyl (C=O) groups is 1. The Hall–Kier alpha value is -0.370. The smallest absolute Gasteiger partial charge is 0.129 e. The molecule has 0 spiro atoms. The van der Waals surface area contributed by atoms with Crippen molar-refractivity contribution in [2.45, 2.75) is 71.6 Å². The Morgan fingerprint density at radius 1 is 0.875 bits per heavy atom. The van der Waals surface area contributed by atoms with Crippen LogP contribution in [-0.4, -0.2) is 19.0 Å². The van der Waals surface area contributed by atoms with Gasteiger partial charge in [0.15, 0.2) is 0 Å². The van der Waals surface area contributed by atoms with Crippen molar-refractivity contribution in [2.24, 2.45) is 0 Å². The monoisotopic (exact) mass is 228 g/mol. The van der Waals surface area contributed by atoms with Crippen molar-refractivity contribution < 1.29 is 9.53 Å². The Labute approximate surface area is 101 Å². The molecule has 2 nitrogen and oxygen atoms in total. The third-order valence-corrected chi connectivity index (χ3v) is 2.71. The minimum absolute atomic E-state index is 0.288. The average molecular weight is 228 g/mol. The summed E-state index contributed by atoms with van der Waals surface area (Å²) >= 11 is 0. The van der Waals surface area contributed by atoms with Crippen LogP contribution in [0.3, 0.4) is 0 Å². The van der Waals surface area contributed by atoms with E-state index in [4.69, 9.17) is 4.74 Å². The number of Topliss-reactive ketones (excluding diaryl/α,β-unsaturated/α-hetero) is 1. The lowest BCUT2D eigenvalue weighted by atomic mass is 10.1. The van der Waals surface area contributed by atoms with Gasteiger partial charge in [-0.15, -0.1) is 0 Å². The van der Waals surface area contributed by atoms with Crippen molar-refractivity contribution in [3.05, 3.63) is 0 Å². The fraction of sp³-hybridized carbons (Fsp3) is 0.929. The Balaban J connectivity index is 2.90. The predicted octanol–water partition coefficient (Wildman–Crippen LogP) is 4.12. The van der Waals surface area contributed by atoms with E-state index in [2.05, 4.69) is 6.92 Å². The number of hydrogen-bond donors (Lipinski definition) is 0. The van der Waals surface area contributed by atoms with Crippen molar-refractivity contribution in [1.29, 1.82) is 0 Å². The third-order valence-electron chi connectivity index (χ3n) is 2.71. The lowest BCUT2D eigenvalue weighted by Gasteiger charge is -2.03. The van der Waals surface area contributed by atoms with Crippen LogP contribution in [0.4, 0.5) is 0 Å². The maximum atomic E-state index is 10.7. The standard InChI is InChI=1S/C14H28O2/c1-3-4-5-6-7-9-12-16-13-10-8-11-14(2)15/h3-13H2,1-2H3. The quantitative estimate of drug-likeness (QED) is 0.470. The summed E-state index contributed by atoms with van der Waals surface area (Å²) in [6.45, 7) is 5.61. The molecule has 2 heteroatoms. The van der Waals surface area contributed by atoms with E-state index in [1.54, 1.807) is 6.92 Å². The molecule has 0 aliphatic carbocycles. The maximum absolute atomic E-state index is 10.7. The minimum atomic E-state index is 0.288. The number of unbranched alkanes of at least 4 members (excludes halogenated alkanes) is 6. The van der Waals surface area contributed by atoms with Gasteiger partial charge in [0.1, 0.15) is 5.78 Å². The molecule has 0 aromatic carbocycles. The fourth-order valence-electron chi connectivity index (χ4n) is 1.66. The Morgan fingerprint density at radius 2 is 1.44 bits per heavy atom. The predicted molar refractivity (Wildman–Crippen MR) is 68.7 cm³/mol. The largest absolute Gasteiger partial charge is 0.381 e. The van der Waals surface area contributed by atoms with Crippen LogP contribution in [0.2, 0.25) is 0 Å². The molecule has 0 N–H and O–H groups in total. The molecule has 0 heterocycles. The third kappa shape index (κ3) is 13.6. The number of carbonyl (C=O) groups excluding carboxylic acids is 1. The number of rotatable bonds is 12. The lowest BCUT2D eigenvalue weighted by Crippen LogP contribution is -1.98. The van der Waals surface area contributed by atoms with E-state index in [9.17, 15) is 4.79 Å². The maximum Gasteiger partial charge on any atom is 0.129 e. The molecule has 0 radical (unpaired) electrons. The molecule has 0 bridgehead atoms. The van der Waals surface area contributed by atoms with Crippen LogP contribution in [0.25, 0.3) is 0 Å². The second kappa shape index (κ2) is 12.7. The van der Waals surface area contributed by atoms with Gasteiger partial charge in [-0.2, -0.15) is 0 Å². The molecule has 0 aromatic rings. The first kappa shape index (κ1) is 15.6. The van der Waals surface area contributed by atoms with Crippen molar-refractivity contribution in [3.63, 3.8) is 0 Å². The van der Waals surface area contributed by atoms with Crippen LogP contribution in [0.5, 0.6) is 0 Å². The Bertz CT molecular complexity index is 155. The molecule has 0 rings (SSSR count). The molecule has 0 fully saturated rings. The van der Waals surface area contributed by atoms with Crippen molar-refractivity contribution in [2.75, 3.05) is 13.2 Å². The fourth-order valence-corrected chi connectivity index (χ4v) is 1.66. The highest BCUT2D eigenvalue weighted by Gasteiger charge is 1.94. The minimum Gasteiger partial charge on any atom is -0.381 e. The van der Waals surface area contributed by atoms with Gasteiger partial charge in [-0.25, -0.2) is 0 Å². The summed E-state index contributed by atoms with van der Waals surface area (Å²) in [6, 6.07) is 0.